The Bertz CT molecular complexity index is 442. The summed E-state index contributed by atoms with van der Waals surface area (Å²) in [5.74, 6) is 0.995. The van der Waals surface area contributed by atoms with Gasteiger partial charge in [0.1, 0.15) is 11.4 Å². The Kier molecular flexibility index (Phi) is 1.41. The first-order valence-electron chi connectivity index (χ1n) is 4.94. The van der Waals surface area contributed by atoms with E-state index in [1.165, 1.54) is 5.57 Å². The first-order valence-corrected chi connectivity index (χ1v) is 4.94. The molecule has 1 saturated carbocycles. The number of rotatable bonds is 0. The first-order chi connectivity index (χ1) is 6.78. The van der Waals surface area contributed by atoms with Crippen LogP contribution in [-0.4, -0.2) is 5.60 Å². The summed E-state index contributed by atoms with van der Waals surface area (Å²) in [6.07, 6.45) is 7.43. The van der Waals surface area contributed by atoms with Crippen molar-refractivity contribution in [3.05, 3.63) is 47.6 Å². The van der Waals surface area contributed by atoms with E-state index in [-0.39, 0.29) is 5.60 Å². The number of benzene rings is 1. The van der Waals surface area contributed by atoms with Gasteiger partial charge < -0.3 is 4.74 Å². The van der Waals surface area contributed by atoms with E-state index in [0.29, 0.717) is 0 Å². The lowest BCUT2D eigenvalue weighted by Crippen LogP contribution is -2.14. The third kappa shape index (κ3) is 1.09. The number of ether oxygens (including phenoxy) is 1. The SMILES string of the molecule is CC12C/C1=C/C=C\c1ccccc1O2. The van der Waals surface area contributed by atoms with Gasteiger partial charge in [0, 0.05) is 12.0 Å². The van der Waals surface area contributed by atoms with E-state index in [2.05, 4.69) is 31.2 Å². The number of hydrogen-bond donors (Lipinski definition) is 0. The van der Waals surface area contributed by atoms with Gasteiger partial charge in [0.25, 0.3) is 0 Å². The monoisotopic (exact) mass is 184 g/mol. The van der Waals surface area contributed by atoms with Gasteiger partial charge >= 0.3 is 0 Å². The molecule has 0 saturated heterocycles. The lowest BCUT2D eigenvalue weighted by atomic mass is 10.1. The second kappa shape index (κ2) is 2.50. The third-order valence-corrected chi connectivity index (χ3v) is 2.91. The van der Waals surface area contributed by atoms with Crippen LogP contribution in [-0.2, 0) is 0 Å². The highest BCUT2D eigenvalue weighted by molar-refractivity contribution is 5.61. The van der Waals surface area contributed by atoms with Crippen LogP contribution in [0, 0.1) is 0 Å². The summed E-state index contributed by atoms with van der Waals surface area (Å²) < 4.78 is 5.98. The zero-order chi connectivity index (χ0) is 9.60. The van der Waals surface area contributed by atoms with E-state index in [1.54, 1.807) is 0 Å². The van der Waals surface area contributed by atoms with Gasteiger partial charge in [0.2, 0.25) is 0 Å². The van der Waals surface area contributed by atoms with Crippen molar-refractivity contribution in [1.29, 1.82) is 0 Å². The Labute approximate surface area is 83.7 Å². The van der Waals surface area contributed by atoms with Crippen LogP contribution in [0.25, 0.3) is 6.08 Å². The molecule has 70 valence electrons. The number of fused-ring (bicyclic) bond motifs is 2. The predicted octanol–water partition coefficient (Wildman–Crippen LogP) is 3.18. The Morgan fingerprint density at radius 2 is 2.14 bits per heavy atom. The second-order valence-electron chi connectivity index (χ2n) is 4.10. The smallest absolute Gasteiger partial charge is 0.132 e. The highest BCUT2D eigenvalue weighted by Crippen LogP contribution is 2.47. The minimum Gasteiger partial charge on any atom is -0.482 e. The summed E-state index contributed by atoms with van der Waals surface area (Å²) in [5, 5.41) is 0. The second-order valence-corrected chi connectivity index (χ2v) is 4.10. The first kappa shape index (κ1) is 7.86. The molecule has 0 spiro atoms. The van der Waals surface area contributed by atoms with Gasteiger partial charge in [-0.1, -0.05) is 36.4 Å². The maximum absolute atomic E-state index is 5.98. The zero-order valence-electron chi connectivity index (χ0n) is 8.16. The molecule has 1 aromatic rings. The minimum absolute atomic E-state index is 0.0269. The molecule has 3 rings (SSSR count). The molecule has 0 amide bonds. The molecule has 0 N–H and O–H groups in total. The molecular formula is C13H12O. The van der Waals surface area contributed by atoms with Crippen LogP contribution in [0.2, 0.25) is 0 Å². The normalized spacial score (nSPS) is 33.6. The largest absolute Gasteiger partial charge is 0.482 e. The van der Waals surface area contributed by atoms with Gasteiger partial charge in [-0.25, -0.2) is 0 Å². The Morgan fingerprint density at radius 1 is 1.29 bits per heavy atom. The van der Waals surface area contributed by atoms with Crippen molar-refractivity contribution in [1.82, 2.24) is 0 Å². The number of hydrogen-bond acceptors (Lipinski definition) is 1. The summed E-state index contributed by atoms with van der Waals surface area (Å²) in [6.45, 7) is 2.15. The van der Waals surface area contributed by atoms with Crippen LogP contribution >= 0.6 is 0 Å². The standard InChI is InChI=1S/C13H12O/c1-13-9-11(13)7-4-6-10-5-2-3-8-12(10)14-13/h2-8H,9H2,1H3/b6-4-,11-7-. The van der Waals surface area contributed by atoms with Crippen LogP contribution in [0.3, 0.4) is 0 Å². The van der Waals surface area contributed by atoms with Crippen molar-refractivity contribution in [2.75, 3.05) is 0 Å². The zero-order valence-corrected chi connectivity index (χ0v) is 8.16. The molecule has 1 nitrogen and oxygen atoms in total. The molecular weight excluding hydrogens is 172 g/mol. The molecule has 1 fully saturated rings. The molecule has 1 aromatic carbocycles. The molecule has 1 atom stereocenters. The Hall–Kier alpha value is -1.50. The minimum atomic E-state index is -0.0269. The summed E-state index contributed by atoms with van der Waals surface area (Å²) in [7, 11) is 0. The van der Waals surface area contributed by atoms with Crippen molar-refractivity contribution in [2.24, 2.45) is 0 Å². The van der Waals surface area contributed by atoms with Gasteiger partial charge in [-0.2, -0.15) is 0 Å². The highest BCUT2D eigenvalue weighted by atomic mass is 16.5. The lowest BCUT2D eigenvalue weighted by Gasteiger charge is -2.15. The van der Waals surface area contributed by atoms with Gasteiger partial charge in [-0.15, -0.1) is 0 Å². The van der Waals surface area contributed by atoms with Crippen molar-refractivity contribution < 1.29 is 4.74 Å². The van der Waals surface area contributed by atoms with Crippen molar-refractivity contribution in [2.45, 2.75) is 18.9 Å². The number of para-hydroxylation sites is 1. The topological polar surface area (TPSA) is 9.23 Å². The van der Waals surface area contributed by atoms with Crippen molar-refractivity contribution in [3.63, 3.8) is 0 Å². The van der Waals surface area contributed by atoms with Crippen molar-refractivity contribution in [3.8, 4) is 5.75 Å². The van der Waals surface area contributed by atoms with Crippen molar-refractivity contribution >= 4 is 6.08 Å². The molecule has 0 aromatic heterocycles. The predicted molar refractivity (Wildman–Crippen MR) is 57.2 cm³/mol. The van der Waals surface area contributed by atoms with Crippen LogP contribution in [0.15, 0.2) is 42.0 Å². The van der Waals surface area contributed by atoms with Gasteiger partial charge in [0.05, 0.1) is 0 Å². The lowest BCUT2D eigenvalue weighted by molar-refractivity contribution is 0.213. The Balaban J connectivity index is 2.12. The molecule has 1 heterocycles. The molecule has 1 heteroatoms. The van der Waals surface area contributed by atoms with Gasteiger partial charge in [-0.05, 0) is 18.6 Å². The third-order valence-electron chi connectivity index (χ3n) is 2.91. The molecule has 0 bridgehead atoms. The van der Waals surface area contributed by atoms with Crippen LogP contribution < -0.4 is 4.74 Å². The highest BCUT2D eigenvalue weighted by Gasteiger charge is 2.47. The fourth-order valence-corrected chi connectivity index (χ4v) is 1.88. The molecule has 1 unspecified atom stereocenters. The fraction of sp³-hybridized carbons (Fsp3) is 0.231. The molecule has 0 radical (unpaired) electrons. The van der Waals surface area contributed by atoms with E-state index < -0.39 is 0 Å². The molecule has 1 aliphatic carbocycles. The van der Waals surface area contributed by atoms with Gasteiger partial charge in [0.15, 0.2) is 0 Å². The van der Waals surface area contributed by atoms with E-state index in [1.807, 2.05) is 18.2 Å². The Morgan fingerprint density at radius 3 is 3.07 bits per heavy atom. The van der Waals surface area contributed by atoms with E-state index in [0.717, 1.165) is 17.7 Å². The maximum atomic E-state index is 5.98. The molecule has 2 aliphatic rings. The summed E-state index contributed by atoms with van der Waals surface area (Å²) in [4.78, 5) is 0. The molecule has 1 aliphatic heterocycles. The van der Waals surface area contributed by atoms with Crippen LogP contribution in [0.5, 0.6) is 5.75 Å². The summed E-state index contributed by atoms with van der Waals surface area (Å²) in [5.41, 5.74) is 2.53. The summed E-state index contributed by atoms with van der Waals surface area (Å²) in [6, 6.07) is 8.17. The van der Waals surface area contributed by atoms with E-state index in [9.17, 15) is 0 Å². The fourth-order valence-electron chi connectivity index (χ4n) is 1.88. The number of allylic oxidation sites excluding steroid dienone is 2. The molecule has 14 heavy (non-hydrogen) atoms. The van der Waals surface area contributed by atoms with Crippen LogP contribution in [0.4, 0.5) is 0 Å². The van der Waals surface area contributed by atoms with Gasteiger partial charge in [-0.3, -0.25) is 0 Å². The quantitative estimate of drug-likeness (QED) is 0.601. The van der Waals surface area contributed by atoms with Crippen LogP contribution in [0.1, 0.15) is 18.9 Å². The maximum Gasteiger partial charge on any atom is 0.132 e. The van der Waals surface area contributed by atoms with E-state index in [4.69, 9.17) is 4.74 Å². The average molecular weight is 184 g/mol. The van der Waals surface area contributed by atoms with E-state index >= 15 is 0 Å². The summed E-state index contributed by atoms with van der Waals surface area (Å²) >= 11 is 0. The average Bonchev–Trinajstić information content (AvgIpc) is 2.77.